The van der Waals surface area contributed by atoms with Gasteiger partial charge in [0.25, 0.3) is 0 Å². The summed E-state index contributed by atoms with van der Waals surface area (Å²) in [4.78, 5) is 9.35. The second kappa shape index (κ2) is 5.98. The maximum Gasteiger partial charge on any atom is 0.130 e. The summed E-state index contributed by atoms with van der Waals surface area (Å²) in [6, 6.07) is 4.17. The molecule has 2 heterocycles. The number of pyridine rings is 1. The molecule has 4 nitrogen and oxygen atoms in total. The molecule has 0 atom stereocenters. The van der Waals surface area contributed by atoms with Crippen LogP contribution in [0.2, 0.25) is 0 Å². The van der Waals surface area contributed by atoms with Crippen molar-refractivity contribution in [3.63, 3.8) is 0 Å². The maximum atomic E-state index is 4.35. The minimum Gasteiger partial charge on any atom is -0.373 e. The Morgan fingerprint density at radius 3 is 2.59 bits per heavy atom. The van der Waals surface area contributed by atoms with E-state index in [-0.39, 0.29) is 0 Å². The number of nitrogens with zero attached hydrogens (tertiary/aromatic N) is 3. The first-order valence-corrected chi connectivity index (χ1v) is 6.40. The fourth-order valence-corrected chi connectivity index (χ4v) is 2.30. The molecular weight excluding hydrogens is 212 g/mol. The van der Waals surface area contributed by atoms with E-state index in [4.69, 9.17) is 0 Å². The predicted molar refractivity (Wildman–Crippen MR) is 71.2 cm³/mol. The lowest BCUT2D eigenvalue weighted by atomic mass is 10.2. The second-order valence-corrected chi connectivity index (χ2v) is 4.47. The molecule has 4 heteroatoms. The van der Waals surface area contributed by atoms with Gasteiger partial charge in [0.15, 0.2) is 0 Å². The Labute approximate surface area is 104 Å². The molecular formula is C13H22N4. The highest BCUT2D eigenvalue weighted by Crippen LogP contribution is 2.14. The molecule has 0 radical (unpaired) electrons. The summed E-state index contributed by atoms with van der Waals surface area (Å²) in [7, 11) is 1.93. The van der Waals surface area contributed by atoms with E-state index in [9.17, 15) is 0 Å². The van der Waals surface area contributed by atoms with Gasteiger partial charge in [-0.3, -0.25) is 4.90 Å². The number of anilines is 1. The summed E-state index contributed by atoms with van der Waals surface area (Å²) in [5.41, 5.74) is 1.29. The van der Waals surface area contributed by atoms with Crippen LogP contribution < -0.4 is 5.32 Å². The number of hydrogen-bond acceptors (Lipinski definition) is 4. The molecule has 0 saturated carbocycles. The molecule has 0 aromatic carbocycles. The van der Waals surface area contributed by atoms with Crippen molar-refractivity contribution in [1.82, 2.24) is 14.8 Å². The van der Waals surface area contributed by atoms with Crippen molar-refractivity contribution in [2.24, 2.45) is 0 Å². The van der Waals surface area contributed by atoms with Crippen molar-refractivity contribution < 1.29 is 0 Å². The van der Waals surface area contributed by atoms with Gasteiger partial charge in [-0.1, -0.05) is 13.0 Å². The van der Waals surface area contributed by atoms with E-state index in [1.165, 1.54) is 25.2 Å². The van der Waals surface area contributed by atoms with Gasteiger partial charge in [-0.05, 0) is 12.6 Å². The quantitative estimate of drug-likeness (QED) is 0.850. The van der Waals surface area contributed by atoms with Crippen LogP contribution in [0, 0.1) is 0 Å². The highest BCUT2D eigenvalue weighted by molar-refractivity contribution is 5.42. The fourth-order valence-electron chi connectivity index (χ4n) is 2.30. The highest BCUT2D eigenvalue weighted by atomic mass is 15.3. The van der Waals surface area contributed by atoms with Crippen LogP contribution in [0.25, 0.3) is 0 Å². The van der Waals surface area contributed by atoms with Crippen LogP contribution in [0.5, 0.6) is 0 Å². The lowest BCUT2D eigenvalue weighted by Gasteiger charge is -2.34. The fraction of sp³-hybridized carbons (Fsp3) is 0.615. The van der Waals surface area contributed by atoms with E-state index in [2.05, 4.69) is 33.1 Å². The molecule has 1 aliphatic rings. The van der Waals surface area contributed by atoms with Gasteiger partial charge in [-0.15, -0.1) is 0 Å². The molecule has 0 spiro atoms. The topological polar surface area (TPSA) is 31.4 Å². The summed E-state index contributed by atoms with van der Waals surface area (Å²) in [5.74, 6) is 1.01. The van der Waals surface area contributed by atoms with Gasteiger partial charge < -0.3 is 10.2 Å². The third-order valence-corrected chi connectivity index (χ3v) is 3.43. The first kappa shape index (κ1) is 12.3. The van der Waals surface area contributed by atoms with Crippen molar-refractivity contribution in [3.8, 4) is 0 Å². The molecule has 1 aromatic heterocycles. The largest absolute Gasteiger partial charge is 0.373 e. The molecule has 1 aliphatic heterocycles. The van der Waals surface area contributed by atoms with Gasteiger partial charge in [0.1, 0.15) is 5.82 Å². The maximum absolute atomic E-state index is 4.35. The standard InChI is InChI=1S/C13H22N4/c1-3-16-7-9-17(10-8-16)11-12-5-4-6-15-13(12)14-2/h4-6H,3,7-11H2,1-2H3,(H,14,15). The smallest absolute Gasteiger partial charge is 0.130 e. The predicted octanol–water partition coefficient (Wildman–Crippen LogP) is 1.26. The van der Waals surface area contributed by atoms with Crippen LogP contribution in [-0.4, -0.2) is 54.6 Å². The summed E-state index contributed by atoms with van der Waals surface area (Å²) in [5, 5.41) is 3.16. The molecule has 0 unspecified atom stereocenters. The Balaban J connectivity index is 1.93. The number of rotatable bonds is 4. The van der Waals surface area contributed by atoms with Crippen molar-refractivity contribution in [2.45, 2.75) is 13.5 Å². The Hall–Kier alpha value is -1.13. The highest BCUT2D eigenvalue weighted by Gasteiger charge is 2.16. The van der Waals surface area contributed by atoms with Crippen LogP contribution in [0.4, 0.5) is 5.82 Å². The molecule has 94 valence electrons. The molecule has 0 amide bonds. The SMILES string of the molecule is CCN1CCN(Cc2cccnc2NC)CC1. The molecule has 0 bridgehead atoms. The Bertz CT molecular complexity index is 345. The molecule has 1 fully saturated rings. The van der Waals surface area contributed by atoms with Gasteiger partial charge >= 0.3 is 0 Å². The minimum absolute atomic E-state index is 1.00. The summed E-state index contributed by atoms with van der Waals surface area (Å²) in [6.07, 6.45) is 1.84. The van der Waals surface area contributed by atoms with Gasteiger partial charge in [-0.25, -0.2) is 4.98 Å². The molecule has 2 rings (SSSR count). The van der Waals surface area contributed by atoms with Crippen molar-refractivity contribution in [1.29, 1.82) is 0 Å². The van der Waals surface area contributed by atoms with Crippen LogP contribution in [0.3, 0.4) is 0 Å². The average Bonchev–Trinajstić information content (AvgIpc) is 2.40. The number of aromatic nitrogens is 1. The van der Waals surface area contributed by atoms with E-state index < -0.39 is 0 Å². The normalized spacial score (nSPS) is 18.2. The third kappa shape index (κ3) is 3.17. The lowest BCUT2D eigenvalue weighted by Crippen LogP contribution is -2.45. The van der Waals surface area contributed by atoms with Crippen molar-refractivity contribution >= 4 is 5.82 Å². The van der Waals surface area contributed by atoms with E-state index in [0.29, 0.717) is 0 Å². The van der Waals surface area contributed by atoms with Gasteiger partial charge in [0.05, 0.1) is 0 Å². The third-order valence-electron chi connectivity index (χ3n) is 3.43. The first-order valence-electron chi connectivity index (χ1n) is 6.40. The zero-order chi connectivity index (χ0) is 12.1. The van der Waals surface area contributed by atoms with Crippen LogP contribution in [-0.2, 0) is 6.54 Å². The lowest BCUT2D eigenvalue weighted by molar-refractivity contribution is 0.132. The molecule has 1 aromatic rings. The summed E-state index contributed by atoms with van der Waals surface area (Å²) < 4.78 is 0. The van der Waals surface area contributed by atoms with Crippen molar-refractivity contribution in [2.75, 3.05) is 45.1 Å². The van der Waals surface area contributed by atoms with E-state index in [0.717, 1.165) is 25.5 Å². The van der Waals surface area contributed by atoms with Gasteiger partial charge in [0, 0.05) is 51.5 Å². The van der Waals surface area contributed by atoms with Crippen molar-refractivity contribution in [3.05, 3.63) is 23.9 Å². The molecule has 1 N–H and O–H groups in total. The second-order valence-electron chi connectivity index (χ2n) is 4.47. The number of nitrogens with one attached hydrogen (secondary N) is 1. The minimum atomic E-state index is 1.00. The zero-order valence-electron chi connectivity index (χ0n) is 10.8. The summed E-state index contributed by atoms with van der Waals surface area (Å²) >= 11 is 0. The summed E-state index contributed by atoms with van der Waals surface area (Å²) in [6.45, 7) is 9.09. The van der Waals surface area contributed by atoms with E-state index in [1.54, 1.807) is 0 Å². The van der Waals surface area contributed by atoms with E-state index >= 15 is 0 Å². The van der Waals surface area contributed by atoms with E-state index in [1.807, 2.05) is 19.3 Å². The number of piperazine rings is 1. The van der Waals surface area contributed by atoms with Gasteiger partial charge in [-0.2, -0.15) is 0 Å². The first-order chi connectivity index (χ1) is 8.33. The molecule has 1 saturated heterocycles. The monoisotopic (exact) mass is 234 g/mol. The molecule has 17 heavy (non-hydrogen) atoms. The Kier molecular flexibility index (Phi) is 4.34. The van der Waals surface area contributed by atoms with Crippen LogP contribution >= 0.6 is 0 Å². The van der Waals surface area contributed by atoms with Gasteiger partial charge in [0.2, 0.25) is 0 Å². The molecule has 0 aliphatic carbocycles. The zero-order valence-corrected chi connectivity index (χ0v) is 10.8. The number of likely N-dealkylation sites (N-methyl/N-ethyl adjacent to an activating group) is 1. The van der Waals surface area contributed by atoms with Crippen LogP contribution in [0.15, 0.2) is 18.3 Å². The Morgan fingerprint density at radius 1 is 1.24 bits per heavy atom. The average molecular weight is 234 g/mol. The van der Waals surface area contributed by atoms with Crippen LogP contribution in [0.1, 0.15) is 12.5 Å². The Morgan fingerprint density at radius 2 is 1.94 bits per heavy atom. The number of hydrogen-bond donors (Lipinski definition) is 1.